The van der Waals surface area contributed by atoms with Crippen molar-refractivity contribution in [3.8, 4) is 6.07 Å². The number of benzene rings is 1. The van der Waals surface area contributed by atoms with Crippen LogP contribution in [-0.4, -0.2) is 36.7 Å². The number of nitriles is 1. The molecule has 1 aliphatic heterocycles. The van der Waals surface area contributed by atoms with Crippen LogP contribution in [0.2, 0.25) is 0 Å². The number of nitrogens with one attached hydrogen (secondary N) is 1. The Labute approximate surface area is 140 Å². The van der Waals surface area contributed by atoms with E-state index in [9.17, 15) is 10.1 Å². The van der Waals surface area contributed by atoms with Crippen molar-refractivity contribution in [3.63, 3.8) is 0 Å². The fourth-order valence-electron chi connectivity index (χ4n) is 2.66. The molecule has 1 fully saturated rings. The number of carbonyl (C=O) groups excluding carboxylic acids is 1. The maximum Gasteiger partial charge on any atom is 0.258 e. The van der Waals surface area contributed by atoms with Crippen LogP contribution in [0.1, 0.15) is 23.0 Å². The van der Waals surface area contributed by atoms with Crippen LogP contribution in [0.5, 0.6) is 0 Å². The lowest BCUT2D eigenvalue weighted by Crippen LogP contribution is -2.41. The number of morpholine rings is 1. The molecule has 2 aromatic rings. The third kappa shape index (κ3) is 3.53. The van der Waals surface area contributed by atoms with E-state index < -0.39 is 0 Å². The van der Waals surface area contributed by atoms with Crippen molar-refractivity contribution in [2.45, 2.75) is 13.0 Å². The van der Waals surface area contributed by atoms with Crippen LogP contribution in [0, 0.1) is 11.3 Å². The molecule has 2 heterocycles. The second-order valence-electron chi connectivity index (χ2n) is 5.65. The Hall–Kier alpha value is -2.91. The van der Waals surface area contributed by atoms with Crippen molar-refractivity contribution in [2.24, 2.45) is 0 Å². The van der Waals surface area contributed by atoms with Crippen LogP contribution in [0.15, 0.2) is 42.6 Å². The zero-order chi connectivity index (χ0) is 16.9. The maximum atomic E-state index is 12.5. The average Bonchev–Trinajstić information content (AvgIpc) is 2.62. The largest absolute Gasteiger partial charge is 0.375 e. The van der Waals surface area contributed by atoms with Gasteiger partial charge < -0.3 is 15.0 Å². The van der Waals surface area contributed by atoms with E-state index in [1.165, 1.54) is 0 Å². The van der Waals surface area contributed by atoms with Crippen LogP contribution in [0.25, 0.3) is 0 Å². The van der Waals surface area contributed by atoms with Gasteiger partial charge in [0.15, 0.2) is 5.69 Å². The zero-order valence-corrected chi connectivity index (χ0v) is 13.4. The summed E-state index contributed by atoms with van der Waals surface area (Å²) in [7, 11) is 0. The van der Waals surface area contributed by atoms with Crippen LogP contribution in [0.4, 0.5) is 11.4 Å². The molecule has 24 heavy (non-hydrogen) atoms. The molecule has 1 amide bonds. The predicted molar refractivity (Wildman–Crippen MR) is 91.0 cm³/mol. The standard InChI is InChI=1S/C18H18N4O2/c1-13-12-22(7-8-24-13)15-9-16(17(10-19)20-11-15)18(23)21-14-5-3-2-4-6-14/h2-6,9,11,13H,7-8,12H2,1H3,(H,21,23). The Bertz CT molecular complexity index is 770. The molecular weight excluding hydrogens is 304 g/mol. The van der Waals surface area contributed by atoms with Crippen molar-refractivity contribution in [3.05, 3.63) is 53.9 Å². The van der Waals surface area contributed by atoms with Gasteiger partial charge in [0.25, 0.3) is 5.91 Å². The minimum atomic E-state index is -0.339. The van der Waals surface area contributed by atoms with E-state index in [4.69, 9.17) is 4.74 Å². The number of rotatable bonds is 3. The molecule has 122 valence electrons. The van der Waals surface area contributed by atoms with Crippen molar-refractivity contribution in [2.75, 3.05) is 29.9 Å². The maximum absolute atomic E-state index is 12.5. The van der Waals surface area contributed by atoms with Gasteiger partial charge in [-0.3, -0.25) is 4.79 Å². The summed E-state index contributed by atoms with van der Waals surface area (Å²) in [6.07, 6.45) is 1.76. The molecule has 6 heteroatoms. The molecule has 1 aliphatic rings. The number of hydrogen-bond acceptors (Lipinski definition) is 5. The molecule has 3 rings (SSSR count). The second kappa shape index (κ2) is 7.11. The van der Waals surface area contributed by atoms with Gasteiger partial charge in [-0.15, -0.1) is 0 Å². The zero-order valence-electron chi connectivity index (χ0n) is 13.4. The monoisotopic (exact) mass is 322 g/mol. The molecular formula is C18H18N4O2. The SMILES string of the molecule is CC1CN(c2cnc(C#N)c(C(=O)Nc3ccccc3)c2)CCO1. The number of amides is 1. The van der Waals surface area contributed by atoms with E-state index in [2.05, 4.69) is 15.2 Å². The number of anilines is 2. The molecule has 1 N–H and O–H groups in total. The van der Waals surface area contributed by atoms with Crippen molar-refractivity contribution in [1.82, 2.24) is 4.98 Å². The molecule has 1 atom stereocenters. The molecule has 1 aromatic carbocycles. The van der Waals surface area contributed by atoms with E-state index in [0.29, 0.717) is 12.3 Å². The fraction of sp³-hybridized carbons (Fsp3) is 0.278. The number of pyridine rings is 1. The van der Waals surface area contributed by atoms with Gasteiger partial charge in [0, 0.05) is 18.8 Å². The third-order valence-corrected chi connectivity index (χ3v) is 3.86. The summed E-state index contributed by atoms with van der Waals surface area (Å²) < 4.78 is 5.54. The number of ether oxygens (including phenoxy) is 1. The Morgan fingerprint density at radius 2 is 2.21 bits per heavy atom. The molecule has 0 radical (unpaired) electrons. The Morgan fingerprint density at radius 1 is 1.42 bits per heavy atom. The highest BCUT2D eigenvalue weighted by atomic mass is 16.5. The highest BCUT2D eigenvalue weighted by Crippen LogP contribution is 2.21. The molecule has 0 spiro atoms. The van der Waals surface area contributed by atoms with E-state index in [1.807, 2.05) is 31.2 Å². The number of aromatic nitrogens is 1. The number of para-hydroxylation sites is 1. The molecule has 0 saturated carbocycles. The van der Waals surface area contributed by atoms with E-state index in [-0.39, 0.29) is 23.3 Å². The first-order valence-electron chi connectivity index (χ1n) is 7.80. The van der Waals surface area contributed by atoms with E-state index in [1.54, 1.807) is 24.4 Å². The number of carbonyl (C=O) groups is 1. The predicted octanol–water partition coefficient (Wildman–Crippen LogP) is 2.43. The van der Waals surface area contributed by atoms with Gasteiger partial charge in [-0.25, -0.2) is 4.98 Å². The van der Waals surface area contributed by atoms with Gasteiger partial charge in [0.2, 0.25) is 0 Å². The molecule has 1 aromatic heterocycles. The quantitative estimate of drug-likeness (QED) is 0.939. The summed E-state index contributed by atoms with van der Waals surface area (Å²) in [5.74, 6) is -0.339. The van der Waals surface area contributed by atoms with Crippen LogP contribution >= 0.6 is 0 Å². The van der Waals surface area contributed by atoms with Crippen molar-refractivity contribution < 1.29 is 9.53 Å². The van der Waals surface area contributed by atoms with Gasteiger partial charge in [0.1, 0.15) is 6.07 Å². The average molecular weight is 322 g/mol. The van der Waals surface area contributed by atoms with Gasteiger partial charge >= 0.3 is 0 Å². The third-order valence-electron chi connectivity index (χ3n) is 3.86. The molecule has 1 saturated heterocycles. The lowest BCUT2D eigenvalue weighted by atomic mass is 10.1. The second-order valence-corrected chi connectivity index (χ2v) is 5.65. The lowest BCUT2D eigenvalue weighted by Gasteiger charge is -2.32. The van der Waals surface area contributed by atoms with Crippen LogP contribution < -0.4 is 10.2 Å². The van der Waals surface area contributed by atoms with Gasteiger partial charge in [0.05, 0.1) is 30.2 Å². The van der Waals surface area contributed by atoms with Gasteiger partial charge in [-0.05, 0) is 25.1 Å². The summed E-state index contributed by atoms with van der Waals surface area (Å²) in [6.45, 7) is 4.10. The topological polar surface area (TPSA) is 78.2 Å². The van der Waals surface area contributed by atoms with Gasteiger partial charge in [-0.1, -0.05) is 18.2 Å². The summed E-state index contributed by atoms with van der Waals surface area (Å²) in [5, 5.41) is 12.0. The molecule has 1 unspecified atom stereocenters. The van der Waals surface area contributed by atoms with Crippen molar-refractivity contribution in [1.29, 1.82) is 5.26 Å². The Morgan fingerprint density at radius 3 is 2.92 bits per heavy atom. The Balaban J connectivity index is 1.87. The number of nitrogens with zero attached hydrogens (tertiary/aromatic N) is 3. The first-order valence-corrected chi connectivity index (χ1v) is 7.80. The summed E-state index contributed by atoms with van der Waals surface area (Å²) in [4.78, 5) is 18.8. The minimum absolute atomic E-state index is 0.119. The fourth-order valence-corrected chi connectivity index (χ4v) is 2.66. The lowest BCUT2D eigenvalue weighted by molar-refractivity contribution is 0.0532. The van der Waals surface area contributed by atoms with E-state index in [0.717, 1.165) is 18.8 Å². The highest BCUT2D eigenvalue weighted by molar-refractivity contribution is 6.06. The Kier molecular flexibility index (Phi) is 4.73. The summed E-state index contributed by atoms with van der Waals surface area (Å²) >= 11 is 0. The first kappa shape index (κ1) is 16.0. The van der Waals surface area contributed by atoms with Crippen LogP contribution in [0.3, 0.4) is 0 Å². The summed E-state index contributed by atoms with van der Waals surface area (Å²) in [5.41, 5.74) is 1.89. The number of hydrogen-bond donors (Lipinski definition) is 1. The smallest absolute Gasteiger partial charge is 0.258 e. The van der Waals surface area contributed by atoms with Crippen LogP contribution in [-0.2, 0) is 4.74 Å². The molecule has 0 aliphatic carbocycles. The molecule has 0 bridgehead atoms. The highest BCUT2D eigenvalue weighted by Gasteiger charge is 2.20. The minimum Gasteiger partial charge on any atom is -0.375 e. The first-order chi connectivity index (χ1) is 11.7. The normalized spacial score (nSPS) is 17.2. The molecule has 6 nitrogen and oxygen atoms in total. The summed E-state index contributed by atoms with van der Waals surface area (Å²) in [6, 6.07) is 12.9. The van der Waals surface area contributed by atoms with E-state index >= 15 is 0 Å². The van der Waals surface area contributed by atoms with Crippen molar-refractivity contribution >= 4 is 17.3 Å². The van der Waals surface area contributed by atoms with Gasteiger partial charge in [-0.2, -0.15) is 5.26 Å².